The third kappa shape index (κ3) is 2.13. The normalized spacial score (nSPS) is 19.2. The number of morpholine rings is 1. The highest BCUT2D eigenvalue weighted by atomic mass is 16.5. The van der Waals surface area contributed by atoms with Crippen LogP contribution in [-0.4, -0.2) is 51.6 Å². The Morgan fingerprint density at radius 2 is 2.29 bits per heavy atom. The number of anilines is 1. The zero-order chi connectivity index (χ0) is 15.1. The molecule has 7 nitrogen and oxygen atoms in total. The molecule has 21 heavy (non-hydrogen) atoms. The predicted molar refractivity (Wildman–Crippen MR) is 77.8 cm³/mol. The first-order valence-corrected chi connectivity index (χ1v) is 6.90. The maximum Gasteiger partial charge on any atom is 0.339 e. The number of aromatic nitrogens is 3. The van der Waals surface area contributed by atoms with Crippen LogP contribution in [0.2, 0.25) is 0 Å². The summed E-state index contributed by atoms with van der Waals surface area (Å²) in [6.07, 6.45) is 1.42. The molecule has 1 unspecified atom stereocenters. The lowest BCUT2D eigenvalue weighted by Gasteiger charge is -2.36. The Hall–Kier alpha value is -2.15. The van der Waals surface area contributed by atoms with Gasteiger partial charge in [0.1, 0.15) is 5.56 Å². The van der Waals surface area contributed by atoms with Gasteiger partial charge in [-0.3, -0.25) is 4.68 Å². The molecule has 112 valence electrons. The minimum Gasteiger partial charge on any atom is -0.478 e. The Morgan fingerprint density at radius 3 is 2.95 bits per heavy atom. The van der Waals surface area contributed by atoms with E-state index in [9.17, 15) is 9.90 Å². The van der Waals surface area contributed by atoms with Crippen LogP contribution in [0.5, 0.6) is 0 Å². The molecule has 1 saturated heterocycles. The Balaban J connectivity index is 2.30. The number of aryl methyl sites for hydroxylation is 2. The van der Waals surface area contributed by atoms with Crippen molar-refractivity contribution in [2.75, 3.05) is 24.7 Å². The number of ether oxygens (including phenoxy) is 1. The van der Waals surface area contributed by atoms with Crippen molar-refractivity contribution in [2.45, 2.75) is 19.9 Å². The lowest BCUT2D eigenvalue weighted by Crippen LogP contribution is -2.44. The molecule has 2 aromatic heterocycles. The molecule has 2 aromatic rings. The zero-order valence-electron chi connectivity index (χ0n) is 12.3. The van der Waals surface area contributed by atoms with E-state index in [4.69, 9.17) is 4.74 Å². The molecule has 0 bridgehead atoms. The molecule has 1 aliphatic heterocycles. The summed E-state index contributed by atoms with van der Waals surface area (Å²) in [4.78, 5) is 18.0. The van der Waals surface area contributed by atoms with E-state index in [-0.39, 0.29) is 11.6 Å². The fourth-order valence-corrected chi connectivity index (χ4v) is 2.91. The Kier molecular flexibility index (Phi) is 3.29. The molecule has 1 atom stereocenters. The van der Waals surface area contributed by atoms with E-state index in [1.807, 2.05) is 20.9 Å². The summed E-state index contributed by atoms with van der Waals surface area (Å²) in [7, 11) is 1.81. The van der Waals surface area contributed by atoms with Gasteiger partial charge in [0.05, 0.1) is 30.0 Å². The van der Waals surface area contributed by atoms with Crippen LogP contribution < -0.4 is 4.90 Å². The van der Waals surface area contributed by atoms with Crippen LogP contribution in [0, 0.1) is 6.92 Å². The second kappa shape index (κ2) is 5.00. The smallest absolute Gasteiger partial charge is 0.339 e. The summed E-state index contributed by atoms with van der Waals surface area (Å²) in [6, 6.07) is 0.113. The number of pyridine rings is 1. The molecule has 7 heteroatoms. The van der Waals surface area contributed by atoms with Crippen LogP contribution in [0.4, 0.5) is 5.69 Å². The molecule has 0 aliphatic carbocycles. The van der Waals surface area contributed by atoms with Gasteiger partial charge in [-0.05, 0) is 13.8 Å². The summed E-state index contributed by atoms with van der Waals surface area (Å²) < 4.78 is 7.14. The van der Waals surface area contributed by atoms with Gasteiger partial charge in [-0.25, -0.2) is 9.78 Å². The second-order valence-electron chi connectivity index (χ2n) is 5.35. The number of rotatable bonds is 2. The first-order valence-electron chi connectivity index (χ1n) is 6.90. The fraction of sp³-hybridized carbons (Fsp3) is 0.500. The number of aromatic carboxylic acids is 1. The third-order valence-electron chi connectivity index (χ3n) is 3.89. The molecule has 0 radical (unpaired) electrons. The number of carboxylic acid groups (broad SMARTS) is 1. The van der Waals surface area contributed by atoms with Gasteiger partial charge < -0.3 is 14.7 Å². The van der Waals surface area contributed by atoms with Gasteiger partial charge in [-0.1, -0.05) is 0 Å². The fourth-order valence-electron chi connectivity index (χ4n) is 2.91. The highest BCUT2D eigenvalue weighted by Crippen LogP contribution is 2.33. The molecule has 0 amide bonds. The van der Waals surface area contributed by atoms with Crippen molar-refractivity contribution >= 4 is 22.7 Å². The van der Waals surface area contributed by atoms with Crippen LogP contribution in [0.3, 0.4) is 0 Å². The second-order valence-corrected chi connectivity index (χ2v) is 5.35. The van der Waals surface area contributed by atoms with E-state index < -0.39 is 5.97 Å². The quantitative estimate of drug-likeness (QED) is 0.895. The molecule has 0 aromatic carbocycles. The van der Waals surface area contributed by atoms with Crippen molar-refractivity contribution in [3.8, 4) is 0 Å². The highest BCUT2D eigenvalue weighted by molar-refractivity contribution is 6.05. The van der Waals surface area contributed by atoms with Crippen molar-refractivity contribution in [1.82, 2.24) is 14.8 Å². The van der Waals surface area contributed by atoms with E-state index in [1.165, 1.54) is 6.20 Å². The van der Waals surface area contributed by atoms with Crippen LogP contribution in [0.15, 0.2) is 6.20 Å². The molecular weight excluding hydrogens is 272 g/mol. The molecule has 1 fully saturated rings. The molecule has 3 rings (SSSR count). The van der Waals surface area contributed by atoms with E-state index >= 15 is 0 Å². The lowest BCUT2D eigenvalue weighted by atomic mass is 10.1. The third-order valence-corrected chi connectivity index (χ3v) is 3.89. The molecule has 0 spiro atoms. The highest BCUT2D eigenvalue weighted by Gasteiger charge is 2.28. The van der Waals surface area contributed by atoms with Crippen molar-refractivity contribution in [2.24, 2.45) is 7.05 Å². The molecule has 1 N–H and O–H groups in total. The molecule has 1 aliphatic rings. The van der Waals surface area contributed by atoms with Gasteiger partial charge >= 0.3 is 5.97 Å². The first-order chi connectivity index (χ1) is 10.0. The van der Waals surface area contributed by atoms with Gasteiger partial charge in [0.2, 0.25) is 0 Å². The van der Waals surface area contributed by atoms with E-state index in [1.54, 1.807) is 4.68 Å². The largest absolute Gasteiger partial charge is 0.478 e. The van der Waals surface area contributed by atoms with Crippen LogP contribution in [0.1, 0.15) is 23.0 Å². The average Bonchev–Trinajstić information content (AvgIpc) is 2.74. The minimum absolute atomic E-state index is 0.113. The Labute approximate surface area is 122 Å². The number of carboxylic acids is 1. The number of hydrogen-bond donors (Lipinski definition) is 1. The maximum absolute atomic E-state index is 11.6. The SMILES string of the molecule is Cc1nn(C)c2ncc(C(=O)O)c(N3CCOCC3C)c12. The number of nitrogens with zero attached hydrogens (tertiary/aromatic N) is 4. The summed E-state index contributed by atoms with van der Waals surface area (Å²) in [5, 5.41) is 14.7. The maximum atomic E-state index is 11.6. The molecule has 0 saturated carbocycles. The Bertz CT molecular complexity index is 710. The van der Waals surface area contributed by atoms with Gasteiger partial charge in [0, 0.05) is 25.8 Å². The van der Waals surface area contributed by atoms with Crippen LogP contribution in [0.25, 0.3) is 11.0 Å². The van der Waals surface area contributed by atoms with E-state index in [0.717, 1.165) is 11.1 Å². The van der Waals surface area contributed by atoms with Crippen molar-refractivity contribution in [3.63, 3.8) is 0 Å². The Morgan fingerprint density at radius 1 is 1.52 bits per heavy atom. The van der Waals surface area contributed by atoms with Crippen molar-refractivity contribution in [3.05, 3.63) is 17.5 Å². The standard InChI is InChI=1S/C14H18N4O3/c1-8-7-21-5-4-18(8)12-10(14(19)20)6-15-13-11(12)9(2)16-17(13)3/h6,8H,4-5,7H2,1-3H3,(H,19,20). The summed E-state index contributed by atoms with van der Waals surface area (Å²) in [5.41, 5.74) is 2.41. The van der Waals surface area contributed by atoms with Gasteiger partial charge in [-0.2, -0.15) is 5.10 Å². The van der Waals surface area contributed by atoms with Crippen molar-refractivity contribution < 1.29 is 14.6 Å². The topological polar surface area (TPSA) is 80.5 Å². The summed E-state index contributed by atoms with van der Waals surface area (Å²) >= 11 is 0. The number of hydrogen-bond acceptors (Lipinski definition) is 5. The summed E-state index contributed by atoms with van der Waals surface area (Å²) in [5.74, 6) is -0.971. The van der Waals surface area contributed by atoms with Crippen molar-refractivity contribution in [1.29, 1.82) is 0 Å². The van der Waals surface area contributed by atoms with E-state index in [2.05, 4.69) is 15.0 Å². The van der Waals surface area contributed by atoms with E-state index in [0.29, 0.717) is 31.1 Å². The first kappa shape index (κ1) is 13.8. The number of carbonyl (C=O) groups is 1. The van der Waals surface area contributed by atoms with Crippen LogP contribution >= 0.6 is 0 Å². The zero-order valence-corrected chi connectivity index (χ0v) is 12.3. The number of fused-ring (bicyclic) bond motifs is 1. The summed E-state index contributed by atoms with van der Waals surface area (Å²) in [6.45, 7) is 5.75. The van der Waals surface area contributed by atoms with Gasteiger partial charge in [-0.15, -0.1) is 0 Å². The average molecular weight is 290 g/mol. The molecule has 3 heterocycles. The molecular formula is C14H18N4O3. The van der Waals surface area contributed by atoms with Gasteiger partial charge in [0.25, 0.3) is 0 Å². The lowest BCUT2D eigenvalue weighted by molar-refractivity contribution is 0.0694. The van der Waals surface area contributed by atoms with Crippen LogP contribution in [-0.2, 0) is 11.8 Å². The monoisotopic (exact) mass is 290 g/mol. The minimum atomic E-state index is -0.971. The van der Waals surface area contributed by atoms with Gasteiger partial charge in [0.15, 0.2) is 5.65 Å². The predicted octanol–water partition coefficient (Wildman–Crippen LogP) is 1.20.